The molecule has 0 bridgehead atoms. The lowest BCUT2D eigenvalue weighted by atomic mass is 9.75. The average molecular weight is 346 g/mol. The van der Waals surface area contributed by atoms with Crippen molar-refractivity contribution in [1.29, 1.82) is 0 Å². The lowest BCUT2D eigenvalue weighted by Crippen LogP contribution is -2.38. The Kier molecular flexibility index (Phi) is 6.05. The number of carbonyl (C=O) groups is 2. The lowest BCUT2D eigenvalue weighted by molar-refractivity contribution is -0.126. The molecule has 4 nitrogen and oxygen atoms in total. The molecule has 2 aliphatic carbocycles. The minimum Gasteiger partial charge on any atom is -0.352 e. The summed E-state index contributed by atoms with van der Waals surface area (Å²) in [6, 6.07) is 6.82. The normalized spacial score (nSPS) is 19.2. The third kappa shape index (κ3) is 5.55. The van der Waals surface area contributed by atoms with Crippen molar-refractivity contribution in [3.8, 4) is 0 Å². The van der Waals surface area contributed by atoms with E-state index in [0.29, 0.717) is 18.4 Å². The minimum atomic E-state index is -0.257. The van der Waals surface area contributed by atoms with Gasteiger partial charge >= 0.3 is 0 Å². The van der Waals surface area contributed by atoms with Gasteiger partial charge in [0.25, 0.3) is 0 Å². The predicted octanol–water partition coefficient (Wildman–Crippen LogP) is 3.27. The molecule has 0 saturated heterocycles. The highest BCUT2D eigenvalue weighted by atomic mass is 19.1. The van der Waals surface area contributed by atoms with Crippen molar-refractivity contribution in [2.75, 3.05) is 6.54 Å². The van der Waals surface area contributed by atoms with Crippen LogP contribution in [0.1, 0.15) is 62.8 Å². The van der Waals surface area contributed by atoms with Crippen molar-refractivity contribution in [1.82, 2.24) is 10.6 Å². The van der Waals surface area contributed by atoms with E-state index in [4.69, 9.17) is 0 Å². The summed E-state index contributed by atoms with van der Waals surface area (Å²) in [5, 5.41) is 5.61. The van der Waals surface area contributed by atoms with Crippen LogP contribution in [0.5, 0.6) is 0 Å². The topological polar surface area (TPSA) is 58.2 Å². The number of amides is 2. The Labute approximate surface area is 148 Å². The van der Waals surface area contributed by atoms with Gasteiger partial charge in [0.1, 0.15) is 5.82 Å². The summed E-state index contributed by atoms with van der Waals surface area (Å²) < 4.78 is 13.2. The van der Waals surface area contributed by atoms with Crippen LogP contribution in [-0.2, 0) is 9.59 Å². The zero-order valence-corrected chi connectivity index (χ0v) is 14.6. The maximum atomic E-state index is 13.2. The molecule has 2 aliphatic rings. The number of hydrogen-bond acceptors (Lipinski definition) is 2. The fourth-order valence-corrected chi connectivity index (χ4v) is 3.76. The summed E-state index contributed by atoms with van der Waals surface area (Å²) in [4.78, 5) is 24.1. The standard InChI is InChI=1S/C20H27FN2O2/c21-16-8-6-15(7-9-16)18(14-4-2-1-3-5-14)12-19(24)22-13-20(25)23-17-10-11-17/h6-9,14,17-18H,1-5,10-13H2,(H,22,24)(H,23,25). The van der Waals surface area contributed by atoms with Gasteiger partial charge in [-0.15, -0.1) is 0 Å². The van der Waals surface area contributed by atoms with Gasteiger partial charge in [-0.2, -0.15) is 0 Å². The van der Waals surface area contributed by atoms with E-state index in [1.807, 2.05) is 0 Å². The van der Waals surface area contributed by atoms with Crippen molar-refractivity contribution >= 4 is 11.8 Å². The number of benzene rings is 1. The highest BCUT2D eigenvalue weighted by molar-refractivity contribution is 5.85. The molecule has 25 heavy (non-hydrogen) atoms. The van der Waals surface area contributed by atoms with Crippen LogP contribution in [0.3, 0.4) is 0 Å². The molecule has 0 heterocycles. The molecule has 0 spiro atoms. The van der Waals surface area contributed by atoms with Gasteiger partial charge in [-0.3, -0.25) is 9.59 Å². The Morgan fingerprint density at radius 2 is 1.68 bits per heavy atom. The van der Waals surface area contributed by atoms with E-state index in [0.717, 1.165) is 31.2 Å². The molecule has 1 aromatic carbocycles. The zero-order valence-electron chi connectivity index (χ0n) is 14.6. The van der Waals surface area contributed by atoms with Gasteiger partial charge in [-0.25, -0.2) is 4.39 Å². The van der Waals surface area contributed by atoms with Crippen LogP contribution in [0.2, 0.25) is 0 Å². The molecule has 3 rings (SSSR count). The molecule has 5 heteroatoms. The van der Waals surface area contributed by atoms with Crippen LogP contribution in [0.4, 0.5) is 4.39 Å². The summed E-state index contributed by atoms with van der Waals surface area (Å²) in [6.45, 7) is 0.0378. The fourth-order valence-electron chi connectivity index (χ4n) is 3.76. The zero-order chi connectivity index (χ0) is 17.6. The fraction of sp³-hybridized carbons (Fsp3) is 0.600. The SMILES string of the molecule is O=C(CC(c1ccc(F)cc1)C1CCCCC1)NCC(=O)NC1CC1. The second kappa shape index (κ2) is 8.45. The largest absolute Gasteiger partial charge is 0.352 e. The van der Waals surface area contributed by atoms with Crippen molar-refractivity contribution in [2.24, 2.45) is 5.92 Å². The molecule has 1 atom stereocenters. The maximum absolute atomic E-state index is 13.2. The smallest absolute Gasteiger partial charge is 0.239 e. The van der Waals surface area contributed by atoms with E-state index in [2.05, 4.69) is 10.6 Å². The summed E-state index contributed by atoms with van der Waals surface area (Å²) in [5.74, 6) is 0.0580. The summed E-state index contributed by atoms with van der Waals surface area (Å²) in [7, 11) is 0. The molecule has 2 saturated carbocycles. The highest BCUT2D eigenvalue weighted by Crippen LogP contribution is 2.38. The van der Waals surface area contributed by atoms with Crippen LogP contribution in [0.25, 0.3) is 0 Å². The molecule has 0 aliphatic heterocycles. The number of carbonyl (C=O) groups excluding carboxylic acids is 2. The van der Waals surface area contributed by atoms with Crippen molar-refractivity contribution < 1.29 is 14.0 Å². The van der Waals surface area contributed by atoms with E-state index >= 15 is 0 Å². The molecule has 1 unspecified atom stereocenters. The molecule has 2 fully saturated rings. The first-order chi connectivity index (χ1) is 12.1. The van der Waals surface area contributed by atoms with E-state index in [1.165, 1.54) is 31.4 Å². The third-order valence-electron chi connectivity index (χ3n) is 5.31. The van der Waals surface area contributed by atoms with Crippen LogP contribution < -0.4 is 10.6 Å². The number of rotatable bonds is 7. The van der Waals surface area contributed by atoms with Gasteiger partial charge in [0.15, 0.2) is 0 Å². The number of halogens is 1. The van der Waals surface area contributed by atoms with Crippen molar-refractivity contribution in [3.63, 3.8) is 0 Å². The van der Waals surface area contributed by atoms with Crippen LogP contribution in [-0.4, -0.2) is 24.4 Å². The minimum absolute atomic E-state index is 0.0378. The predicted molar refractivity (Wildman–Crippen MR) is 94.5 cm³/mol. The van der Waals surface area contributed by atoms with Gasteiger partial charge in [0.05, 0.1) is 6.54 Å². The number of hydrogen-bond donors (Lipinski definition) is 2. The summed E-state index contributed by atoms with van der Waals surface area (Å²) >= 11 is 0. The molecule has 136 valence electrons. The average Bonchev–Trinajstić information content (AvgIpc) is 3.43. The molecule has 2 amide bonds. The first-order valence-electron chi connectivity index (χ1n) is 9.43. The molecular formula is C20H27FN2O2. The Bertz CT molecular complexity index is 592. The first kappa shape index (κ1) is 17.9. The van der Waals surface area contributed by atoms with Gasteiger partial charge < -0.3 is 10.6 Å². The maximum Gasteiger partial charge on any atom is 0.239 e. The Balaban J connectivity index is 1.58. The second-order valence-electron chi connectivity index (χ2n) is 7.38. The van der Waals surface area contributed by atoms with E-state index in [9.17, 15) is 14.0 Å². The van der Waals surface area contributed by atoms with Crippen LogP contribution in [0, 0.1) is 11.7 Å². The Hall–Kier alpha value is -1.91. The Morgan fingerprint density at radius 3 is 2.32 bits per heavy atom. The Morgan fingerprint density at radius 1 is 1.00 bits per heavy atom. The molecule has 2 N–H and O–H groups in total. The molecular weight excluding hydrogens is 319 g/mol. The highest BCUT2D eigenvalue weighted by Gasteiger charge is 2.28. The van der Waals surface area contributed by atoms with Crippen LogP contribution >= 0.6 is 0 Å². The first-order valence-corrected chi connectivity index (χ1v) is 9.43. The van der Waals surface area contributed by atoms with Gasteiger partial charge in [-0.1, -0.05) is 31.4 Å². The van der Waals surface area contributed by atoms with Crippen LogP contribution in [0.15, 0.2) is 24.3 Å². The quantitative estimate of drug-likeness (QED) is 0.796. The van der Waals surface area contributed by atoms with Gasteiger partial charge in [-0.05, 0) is 55.2 Å². The van der Waals surface area contributed by atoms with Gasteiger partial charge in [0, 0.05) is 12.5 Å². The van der Waals surface area contributed by atoms with E-state index < -0.39 is 0 Å². The third-order valence-corrected chi connectivity index (χ3v) is 5.31. The molecule has 0 aromatic heterocycles. The van der Waals surface area contributed by atoms with Crippen molar-refractivity contribution in [2.45, 2.75) is 63.3 Å². The summed E-state index contributed by atoms with van der Waals surface area (Å²) in [6.07, 6.45) is 8.27. The second-order valence-corrected chi connectivity index (χ2v) is 7.38. The van der Waals surface area contributed by atoms with Crippen molar-refractivity contribution in [3.05, 3.63) is 35.6 Å². The van der Waals surface area contributed by atoms with Gasteiger partial charge in [0.2, 0.25) is 11.8 Å². The molecule has 0 radical (unpaired) electrons. The number of nitrogens with one attached hydrogen (secondary N) is 2. The molecule has 1 aromatic rings. The van der Waals surface area contributed by atoms with E-state index in [-0.39, 0.29) is 30.1 Å². The lowest BCUT2D eigenvalue weighted by Gasteiger charge is -2.30. The monoisotopic (exact) mass is 346 g/mol. The van der Waals surface area contributed by atoms with E-state index in [1.54, 1.807) is 12.1 Å². The summed E-state index contributed by atoms with van der Waals surface area (Å²) in [5.41, 5.74) is 1.02.